The summed E-state index contributed by atoms with van der Waals surface area (Å²) in [6.45, 7) is 3.44. The summed E-state index contributed by atoms with van der Waals surface area (Å²) in [6.07, 6.45) is 0. The lowest BCUT2D eigenvalue weighted by atomic mass is 10.1. The highest BCUT2D eigenvalue weighted by Crippen LogP contribution is 2.20. The zero-order valence-electron chi connectivity index (χ0n) is 11.7. The van der Waals surface area contributed by atoms with Crippen molar-refractivity contribution in [1.82, 2.24) is 9.71 Å². The normalized spacial score (nSPS) is 11.8. The molecule has 0 saturated carbocycles. The predicted octanol–water partition coefficient (Wildman–Crippen LogP) is 1.84. The molecule has 0 radical (unpaired) electrons. The molecule has 2 rings (SSSR count). The number of halogens is 1. The molecule has 0 spiro atoms. The minimum absolute atomic E-state index is 0.0176. The van der Waals surface area contributed by atoms with Gasteiger partial charge in [-0.1, -0.05) is 0 Å². The molecule has 0 aliphatic carbocycles. The van der Waals surface area contributed by atoms with Gasteiger partial charge < -0.3 is 5.73 Å². The molecule has 1 aromatic heterocycles. The molecule has 1 aromatic carbocycles. The number of hydrogen-bond donors (Lipinski definition) is 2. The predicted molar refractivity (Wildman–Crippen MR) is 79.9 cm³/mol. The summed E-state index contributed by atoms with van der Waals surface area (Å²) in [5.41, 5.74) is 8.33. The van der Waals surface area contributed by atoms with Crippen molar-refractivity contribution in [2.24, 2.45) is 5.73 Å². The highest BCUT2D eigenvalue weighted by Gasteiger charge is 2.18. The lowest BCUT2D eigenvalue weighted by molar-refractivity contribution is 0.578. The van der Waals surface area contributed by atoms with E-state index >= 15 is 0 Å². The second-order valence-corrected chi connectivity index (χ2v) is 7.31. The van der Waals surface area contributed by atoms with Crippen LogP contribution in [0.15, 0.2) is 22.5 Å². The van der Waals surface area contributed by atoms with Gasteiger partial charge in [-0.15, -0.1) is 11.3 Å². The third-order valence-electron chi connectivity index (χ3n) is 3.10. The van der Waals surface area contributed by atoms with Crippen LogP contribution in [0.5, 0.6) is 0 Å². The summed E-state index contributed by atoms with van der Waals surface area (Å²) in [7, 11) is -3.72. The molecular weight excluding hydrogens is 313 g/mol. The zero-order valence-corrected chi connectivity index (χ0v) is 13.3. The van der Waals surface area contributed by atoms with E-state index in [2.05, 4.69) is 9.71 Å². The minimum atomic E-state index is -3.72. The number of sulfonamides is 1. The van der Waals surface area contributed by atoms with Crippen LogP contribution in [0.3, 0.4) is 0 Å². The zero-order chi connectivity index (χ0) is 15.6. The van der Waals surface area contributed by atoms with Crippen molar-refractivity contribution in [3.05, 3.63) is 45.2 Å². The highest BCUT2D eigenvalue weighted by atomic mass is 32.2. The smallest absolute Gasteiger partial charge is 0.240 e. The van der Waals surface area contributed by atoms with Crippen LogP contribution in [-0.4, -0.2) is 13.4 Å². The van der Waals surface area contributed by atoms with E-state index in [0.29, 0.717) is 0 Å². The average molecular weight is 329 g/mol. The maximum Gasteiger partial charge on any atom is 0.240 e. The van der Waals surface area contributed by atoms with E-state index in [-0.39, 0.29) is 29.1 Å². The number of aryl methyl sites for hydroxylation is 2. The van der Waals surface area contributed by atoms with Crippen molar-refractivity contribution in [2.45, 2.75) is 31.8 Å². The molecule has 2 aromatic rings. The van der Waals surface area contributed by atoms with Gasteiger partial charge in [0.25, 0.3) is 0 Å². The van der Waals surface area contributed by atoms with Crippen LogP contribution in [0.4, 0.5) is 4.39 Å². The monoisotopic (exact) mass is 329 g/mol. The molecule has 0 aliphatic heterocycles. The molecule has 0 fully saturated rings. The number of thiazole rings is 1. The molecule has 0 unspecified atom stereocenters. The number of nitrogens with zero attached hydrogens (tertiary/aromatic N) is 1. The van der Waals surface area contributed by atoms with Crippen molar-refractivity contribution in [1.29, 1.82) is 0 Å². The minimum Gasteiger partial charge on any atom is -0.326 e. The Morgan fingerprint density at radius 3 is 2.67 bits per heavy atom. The second-order valence-electron chi connectivity index (χ2n) is 4.60. The van der Waals surface area contributed by atoms with E-state index in [1.165, 1.54) is 30.4 Å². The Kier molecular flexibility index (Phi) is 4.72. The maximum atomic E-state index is 13.7. The maximum absolute atomic E-state index is 13.7. The Morgan fingerprint density at radius 1 is 1.38 bits per heavy atom. The first-order chi connectivity index (χ1) is 9.85. The van der Waals surface area contributed by atoms with E-state index in [1.807, 2.05) is 6.92 Å². The number of nitrogens with two attached hydrogens (primary N) is 1. The van der Waals surface area contributed by atoms with E-state index in [9.17, 15) is 12.8 Å². The molecular formula is C13H16FN3O2S2. The Morgan fingerprint density at radius 2 is 2.10 bits per heavy atom. The fourth-order valence-electron chi connectivity index (χ4n) is 1.85. The molecule has 0 saturated heterocycles. The van der Waals surface area contributed by atoms with E-state index in [0.717, 1.165) is 10.6 Å². The van der Waals surface area contributed by atoms with Gasteiger partial charge in [0.2, 0.25) is 10.0 Å². The first-order valence-electron chi connectivity index (χ1n) is 6.23. The van der Waals surface area contributed by atoms with Crippen molar-refractivity contribution in [2.75, 3.05) is 0 Å². The van der Waals surface area contributed by atoms with Gasteiger partial charge in [-0.3, -0.25) is 0 Å². The molecule has 3 N–H and O–H groups in total. The Hall–Kier alpha value is -1.35. The van der Waals surface area contributed by atoms with Crippen molar-refractivity contribution >= 4 is 21.4 Å². The quantitative estimate of drug-likeness (QED) is 0.876. The fourth-order valence-corrected chi connectivity index (χ4v) is 3.79. The van der Waals surface area contributed by atoms with Crippen LogP contribution >= 0.6 is 11.3 Å². The van der Waals surface area contributed by atoms with Crippen LogP contribution in [-0.2, 0) is 23.1 Å². The van der Waals surface area contributed by atoms with Gasteiger partial charge in [-0.2, -0.15) is 0 Å². The summed E-state index contributed by atoms with van der Waals surface area (Å²) in [6, 6.07) is 2.57. The van der Waals surface area contributed by atoms with Crippen molar-refractivity contribution < 1.29 is 12.8 Å². The number of benzene rings is 1. The molecule has 8 heteroatoms. The lowest BCUT2D eigenvalue weighted by Crippen LogP contribution is -2.23. The van der Waals surface area contributed by atoms with Crippen LogP contribution in [0.2, 0.25) is 0 Å². The van der Waals surface area contributed by atoms with Crippen molar-refractivity contribution in [3.8, 4) is 0 Å². The van der Waals surface area contributed by atoms with Gasteiger partial charge in [-0.05, 0) is 31.5 Å². The Balaban J connectivity index is 2.27. The second kappa shape index (κ2) is 6.18. The molecule has 1 heterocycles. The van der Waals surface area contributed by atoms with Crippen LogP contribution in [0.25, 0.3) is 0 Å². The summed E-state index contributed by atoms with van der Waals surface area (Å²) in [4.78, 5) is 4.92. The van der Waals surface area contributed by atoms with Crippen LogP contribution in [0.1, 0.15) is 21.7 Å². The van der Waals surface area contributed by atoms with E-state index in [1.54, 1.807) is 5.51 Å². The van der Waals surface area contributed by atoms with E-state index in [4.69, 9.17) is 5.73 Å². The topological polar surface area (TPSA) is 85.1 Å². The van der Waals surface area contributed by atoms with Gasteiger partial charge in [0, 0.05) is 23.5 Å². The molecule has 21 heavy (non-hydrogen) atoms. The third kappa shape index (κ3) is 3.46. The summed E-state index contributed by atoms with van der Waals surface area (Å²) in [5.74, 6) is -0.463. The van der Waals surface area contributed by atoms with Gasteiger partial charge >= 0.3 is 0 Å². The molecule has 0 amide bonds. The standard InChI is InChI=1S/C13H16FN3O2S2/c1-8-3-11(4-10(5-15)13(8)14)21(18,19)17-6-12-9(2)16-7-20-12/h3-4,7,17H,5-6,15H2,1-2H3. The van der Waals surface area contributed by atoms with Crippen LogP contribution < -0.4 is 10.5 Å². The average Bonchev–Trinajstić information content (AvgIpc) is 2.85. The molecule has 0 bridgehead atoms. The number of nitrogens with one attached hydrogen (secondary N) is 1. The Labute approximate surface area is 127 Å². The number of rotatable bonds is 5. The fraction of sp³-hybridized carbons (Fsp3) is 0.308. The summed E-state index contributed by atoms with van der Waals surface area (Å²) < 4.78 is 40.8. The van der Waals surface area contributed by atoms with E-state index < -0.39 is 15.8 Å². The molecule has 0 atom stereocenters. The van der Waals surface area contributed by atoms with Gasteiger partial charge in [0.15, 0.2) is 0 Å². The number of aromatic nitrogens is 1. The first kappa shape index (κ1) is 16.0. The molecule has 114 valence electrons. The SMILES string of the molecule is Cc1cc(S(=O)(=O)NCc2scnc2C)cc(CN)c1F. The van der Waals surface area contributed by atoms with Gasteiger partial charge in [0.1, 0.15) is 5.82 Å². The molecule has 0 aliphatic rings. The third-order valence-corrected chi connectivity index (χ3v) is 5.42. The van der Waals surface area contributed by atoms with Gasteiger partial charge in [0.05, 0.1) is 16.1 Å². The Bertz CT molecular complexity index is 757. The molecule has 5 nitrogen and oxygen atoms in total. The van der Waals surface area contributed by atoms with Crippen LogP contribution in [0, 0.1) is 19.7 Å². The summed E-state index contributed by atoms with van der Waals surface area (Å²) >= 11 is 1.38. The highest BCUT2D eigenvalue weighted by molar-refractivity contribution is 7.89. The first-order valence-corrected chi connectivity index (χ1v) is 8.59. The largest absolute Gasteiger partial charge is 0.326 e. The van der Waals surface area contributed by atoms with Crippen molar-refractivity contribution in [3.63, 3.8) is 0 Å². The summed E-state index contributed by atoms with van der Waals surface area (Å²) in [5, 5.41) is 0. The number of hydrogen-bond acceptors (Lipinski definition) is 5. The van der Waals surface area contributed by atoms with Gasteiger partial charge in [-0.25, -0.2) is 22.5 Å². The lowest BCUT2D eigenvalue weighted by Gasteiger charge is -2.10.